The Kier molecular flexibility index (Phi) is 6.87. The molecule has 0 bridgehead atoms. The quantitative estimate of drug-likeness (QED) is 0.831. The Hall–Kier alpha value is -1.75. The SMILES string of the molecule is CCN(CCN(C)C)C(=O)OCc1ccc(NC)cc1. The van der Waals surface area contributed by atoms with E-state index in [2.05, 4.69) is 5.32 Å². The van der Waals surface area contributed by atoms with Crippen LogP contribution in [-0.2, 0) is 11.3 Å². The molecule has 0 aliphatic heterocycles. The zero-order valence-corrected chi connectivity index (χ0v) is 12.8. The maximum atomic E-state index is 12.0. The first-order valence-corrected chi connectivity index (χ1v) is 6.90. The van der Waals surface area contributed by atoms with Crippen molar-refractivity contribution in [3.8, 4) is 0 Å². The first kappa shape index (κ1) is 16.3. The number of hydrogen-bond donors (Lipinski definition) is 1. The second-order valence-electron chi connectivity index (χ2n) is 4.88. The topological polar surface area (TPSA) is 44.8 Å². The number of nitrogens with zero attached hydrogens (tertiary/aromatic N) is 2. The van der Waals surface area contributed by atoms with Crippen molar-refractivity contribution >= 4 is 11.8 Å². The Morgan fingerprint density at radius 3 is 2.35 bits per heavy atom. The summed E-state index contributed by atoms with van der Waals surface area (Å²) in [7, 11) is 5.85. The van der Waals surface area contributed by atoms with E-state index < -0.39 is 0 Å². The number of carbonyl (C=O) groups excluding carboxylic acids is 1. The minimum Gasteiger partial charge on any atom is -0.445 e. The molecule has 1 aromatic carbocycles. The van der Waals surface area contributed by atoms with Gasteiger partial charge in [0.05, 0.1) is 0 Å². The number of ether oxygens (including phenoxy) is 1. The monoisotopic (exact) mass is 279 g/mol. The maximum absolute atomic E-state index is 12.0. The van der Waals surface area contributed by atoms with Gasteiger partial charge in [0.1, 0.15) is 6.61 Å². The summed E-state index contributed by atoms with van der Waals surface area (Å²) in [6, 6.07) is 7.84. The van der Waals surface area contributed by atoms with E-state index in [1.165, 1.54) is 0 Å². The van der Waals surface area contributed by atoms with Crippen molar-refractivity contribution in [3.05, 3.63) is 29.8 Å². The highest BCUT2D eigenvalue weighted by atomic mass is 16.6. The van der Waals surface area contributed by atoms with Crippen molar-refractivity contribution < 1.29 is 9.53 Å². The van der Waals surface area contributed by atoms with Crippen LogP contribution in [0.1, 0.15) is 12.5 Å². The molecule has 0 saturated carbocycles. The smallest absolute Gasteiger partial charge is 0.410 e. The largest absolute Gasteiger partial charge is 0.445 e. The van der Waals surface area contributed by atoms with Crippen molar-refractivity contribution in [3.63, 3.8) is 0 Å². The summed E-state index contributed by atoms with van der Waals surface area (Å²) >= 11 is 0. The third kappa shape index (κ3) is 5.48. The lowest BCUT2D eigenvalue weighted by Gasteiger charge is -2.22. The maximum Gasteiger partial charge on any atom is 0.410 e. The highest BCUT2D eigenvalue weighted by Crippen LogP contribution is 2.10. The molecule has 0 aromatic heterocycles. The molecule has 0 aliphatic rings. The van der Waals surface area contributed by atoms with Crippen LogP contribution in [0, 0.1) is 0 Å². The van der Waals surface area contributed by atoms with Gasteiger partial charge in [0.25, 0.3) is 0 Å². The number of likely N-dealkylation sites (N-methyl/N-ethyl adjacent to an activating group) is 2. The second-order valence-corrected chi connectivity index (χ2v) is 4.88. The second kappa shape index (κ2) is 8.43. The molecule has 1 rings (SSSR count). The Morgan fingerprint density at radius 2 is 1.85 bits per heavy atom. The van der Waals surface area contributed by atoms with Gasteiger partial charge in [-0.2, -0.15) is 0 Å². The zero-order chi connectivity index (χ0) is 15.0. The van der Waals surface area contributed by atoms with Crippen LogP contribution in [0.3, 0.4) is 0 Å². The van der Waals surface area contributed by atoms with Crippen molar-refractivity contribution in [2.24, 2.45) is 0 Å². The predicted octanol–water partition coefficient (Wildman–Crippen LogP) is 2.25. The van der Waals surface area contributed by atoms with Gasteiger partial charge < -0.3 is 19.9 Å². The number of hydrogen-bond acceptors (Lipinski definition) is 4. The average molecular weight is 279 g/mol. The Bertz CT molecular complexity index is 404. The van der Waals surface area contributed by atoms with Gasteiger partial charge in [0, 0.05) is 32.4 Å². The predicted molar refractivity (Wildman–Crippen MR) is 82.0 cm³/mol. The molecule has 0 radical (unpaired) electrons. The molecule has 112 valence electrons. The number of amides is 1. The molecule has 0 heterocycles. The minimum absolute atomic E-state index is 0.257. The van der Waals surface area contributed by atoms with Gasteiger partial charge in [-0.05, 0) is 38.7 Å². The molecule has 0 spiro atoms. The van der Waals surface area contributed by atoms with Crippen LogP contribution < -0.4 is 5.32 Å². The minimum atomic E-state index is -0.257. The van der Waals surface area contributed by atoms with Gasteiger partial charge in [-0.1, -0.05) is 12.1 Å². The Morgan fingerprint density at radius 1 is 1.20 bits per heavy atom. The molecule has 1 aromatic rings. The fourth-order valence-corrected chi connectivity index (χ4v) is 1.70. The van der Waals surface area contributed by atoms with E-state index in [-0.39, 0.29) is 6.09 Å². The van der Waals surface area contributed by atoms with Crippen LogP contribution in [-0.4, -0.2) is 56.7 Å². The summed E-state index contributed by atoms with van der Waals surface area (Å²) in [5.41, 5.74) is 2.03. The van der Waals surface area contributed by atoms with Gasteiger partial charge in [-0.25, -0.2) is 4.79 Å². The van der Waals surface area contributed by atoms with Crippen LogP contribution in [0.4, 0.5) is 10.5 Å². The lowest BCUT2D eigenvalue weighted by atomic mass is 10.2. The van der Waals surface area contributed by atoms with E-state index in [9.17, 15) is 4.79 Å². The van der Waals surface area contributed by atoms with Crippen molar-refractivity contribution in [2.75, 3.05) is 46.1 Å². The number of carbonyl (C=O) groups is 1. The molecule has 0 unspecified atom stereocenters. The molecule has 0 aliphatic carbocycles. The zero-order valence-electron chi connectivity index (χ0n) is 12.8. The Labute approximate surface area is 121 Å². The molecule has 1 amide bonds. The van der Waals surface area contributed by atoms with Gasteiger partial charge in [-0.3, -0.25) is 0 Å². The van der Waals surface area contributed by atoms with Crippen LogP contribution in [0.2, 0.25) is 0 Å². The highest BCUT2D eigenvalue weighted by Gasteiger charge is 2.12. The lowest BCUT2D eigenvalue weighted by Crippen LogP contribution is -2.36. The van der Waals surface area contributed by atoms with Crippen LogP contribution >= 0.6 is 0 Å². The van der Waals surface area contributed by atoms with E-state index >= 15 is 0 Å². The fourth-order valence-electron chi connectivity index (χ4n) is 1.70. The summed E-state index contributed by atoms with van der Waals surface area (Å²) in [6.07, 6.45) is -0.257. The molecule has 0 atom stereocenters. The van der Waals surface area contributed by atoms with E-state index in [4.69, 9.17) is 4.74 Å². The first-order valence-electron chi connectivity index (χ1n) is 6.90. The summed E-state index contributed by atoms with van der Waals surface area (Å²) in [5, 5.41) is 3.05. The van der Waals surface area contributed by atoms with Gasteiger partial charge >= 0.3 is 6.09 Å². The third-order valence-electron chi connectivity index (χ3n) is 3.06. The van der Waals surface area contributed by atoms with Gasteiger partial charge in [-0.15, -0.1) is 0 Å². The summed E-state index contributed by atoms with van der Waals surface area (Å²) in [5.74, 6) is 0. The van der Waals surface area contributed by atoms with Gasteiger partial charge in [0.15, 0.2) is 0 Å². The van der Waals surface area contributed by atoms with Crippen molar-refractivity contribution in [2.45, 2.75) is 13.5 Å². The summed E-state index contributed by atoms with van der Waals surface area (Å²) in [4.78, 5) is 15.7. The summed E-state index contributed by atoms with van der Waals surface area (Å²) in [6.45, 7) is 4.44. The first-order chi connectivity index (χ1) is 9.56. The highest BCUT2D eigenvalue weighted by molar-refractivity contribution is 5.67. The number of rotatable bonds is 7. The van der Waals surface area contributed by atoms with Crippen molar-refractivity contribution in [1.82, 2.24) is 9.80 Å². The lowest BCUT2D eigenvalue weighted by molar-refractivity contribution is 0.0956. The van der Waals surface area contributed by atoms with E-state index in [0.717, 1.165) is 17.8 Å². The van der Waals surface area contributed by atoms with E-state index in [1.807, 2.05) is 57.2 Å². The standard InChI is InChI=1S/C15H25N3O2/c1-5-18(11-10-17(3)4)15(19)20-12-13-6-8-14(16-2)9-7-13/h6-9,16H,5,10-12H2,1-4H3. The number of nitrogens with one attached hydrogen (secondary N) is 1. The fraction of sp³-hybridized carbons (Fsp3) is 0.533. The average Bonchev–Trinajstić information content (AvgIpc) is 2.46. The molecule has 0 saturated heterocycles. The molecule has 5 nitrogen and oxygen atoms in total. The van der Waals surface area contributed by atoms with Crippen LogP contribution in [0.5, 0.6) is 0 Å². The Balaban J connectivity index is 2.43. The van der Waals surface area contributed by atoms with Gasteiger partial charge in [0.2, 0.25) is 0 Å². The molecule has 1 N–H and O–H groups in total. The third-order valence-corrected chi connectivity index (χ3v) is 3.06. The molecule has 5 heteroatoms. The molecular formula is C15H25N3O2. The van der Waals surface area contributed by atoms with Crippen LogP contribution in [0.25, 0.3) is 0 Å². The van der Waals surface area contributed by atoms with E-state index in [1.54, 1.807) is 4.90 Å². The normalized spacial score (nSPS) is 10.4. The molecule has 20 heavy (non-hydrogen) atoms. The summed E-state index contributed by atoms with van der Waals surface area (Å²) < 4.78 is 5.33. The van der Waals surface area contributed by atoms with E-state index in [0.29, 0.717) is 19.7 Å². The molecular weight excluding hydrogens is 254 g/mol. The van der Waals surface area contributed by atoms with Crippen molar-refractivity contribution in [1.29, 1.82) is 0 Å². The number of anilines is 1. The molecule has 0 fully saturated rings. The van der Waals surface area contributed by atoms with Crippen LogP contribution in [0.15, 0.2) is 24.3 Å². The number of benzene rings is 1.